The van der Waals surface area contributed by atoms with Gasteiger partial charge in [0.15, 0.2) is 6.10 Å². The first kappa shape index (κ1) is 16.5. The number of carbonyl (C=O) groups excluding carboxylic acids is 1. The minimum Gasteiger partial charge on any atom is -0.359 e. The van der Waals surface area contributed by atoms with Crippen molar-refractivity contribution in [2.45, 2.75) is 57.9 Å². The number of ether oxygens (including phenoxy) is 1. The van der Waals surface area contributed by atoms with Gasteiger partial charge in [0.05, 0.1) is 12.1 Å². The lowest BCUT2D eigenvalue weighted by Gasteiger charge is -2.45. The third-order valence-electron chi connectivity index (χ3n) is 4.77. The second-order valence-electron chi connectivity index (χ2n) is 6.75. The van der Waals surface area contributed by atoms with Gasteiger partial charge in [-0.05, 0) is 18.4 Å². The molecule has 0 radical (unpaired) electrons. The number of amides is 1. The molecule has 0 N–H and O–H groups in total. The Labute approximate surface area is 139 Å². The van der Waals surface area contributed by atoms with Gasteiger partial charge in [-0.3, -0.25) is 9.69 Å². The van der Waals surface area contributed by atoms with Gasteiger partial charge in [-0.2, -0.15) is 0 Å². The average molecular weight is 316 g/mol. The Morgan fingerprint density at radius 1 is 1.22 bits per heavy atom. The first-order valence-electron chi connectivity index (χ1n) is 8.95. The van der Waals surface area contributed by atoms with E-state index < -0.39 is 0 Å². The average Bonchev–Trinajstić information content (AvgIpc) is 3.29. The number of nitrogens with zero attached hydrogens (tertiary/aromatic N) is 2. The van der Waals surface area contributed by atoms with E-state index in [-0.39, 0.29) is 18.1 Å². The number of epoxide rings is 1. The fraction of sp³-hybridized carbons (Fsp3) is 0.632. The zero-order valence-corrected chi connectivity index (χ0v) is 14.3. The molecule has 1 amide bonds. The van der Waals surface area contributed by atoms with Gasteiger partial charge in [0.25, 0.3) is 5.91 Å². The second-order valence-corrected chi connectivity index (χ2v) is 6.75. The monoisotopic (exact) mass is 316 g/mol. The quantitative estimate of drug-likeness (QED) is 0.692. The summed E-state index contributed by atoms with van der Waals surface area (Å²) in [5.41, 5.74) is 1.34. The molecule has 0 aromatic heterocycles. The zero-order valence-electron chi connectivity index (χ0n) is 14.3. The molecule has 126 valence electrons. The minimum atomic E-state index is -0.162. The highest BCUT2D eigenvalue weighted by Gasteiger charge is 2.48. The molecule has 4 nitrogen and oxygen atoms in total. The number of carbonyl (C=O) groups is 1. The maximum Gasteiger partial charge on any atom is 0.254 e. The van der Waals surface area contributed by atoms with Crippen molar-refractivity contribution in [1.82, 2.24) is 9.80 Å². The summed E-state index contributed by atoms with van der Waals surface area (Å²) in [6.45, 7) is 8.06. The standard InChI is InChI=1S/C19H28N2O2/c1-3-8-17-18(23-17)19(22)21(11-4-2)16-13-20(14-16)12-15-9-6-5-7-10-15/h5-7,9-10,16-18H,3-4,8,11-14H2,1-2H3/t17-,18+/m1/s1. The minimum absolute atomic E-state index is 0.162. The maximum atomic E-state index is 12.7. The molecule has 2 saturated heterocycles. The van der Waals surface area contributed by atoms with Crippen LogP contribution in [-0.2, 0) is 16.1 Å². The lowest BCUT2D eigenvalue weighted by atomic mass is 10.0. The van der Waals surface area contributed by atoms with E-state index in [1.807, 2.05) is 6.07 Å². The number of hydrogen-bond acceptors (Lipinski definition) is 3. The summed E-state index contributed by atoms with van der Waals surface area (Å²) in [5.74, 6) is 0.217. The molecule has 3 rings (SSSR count). The van der Waals surface area contributed by atoms with Crippen molar-refractivity contribution >= 4 is 5.91 Å². The number of likely N-dealkylation sites (tertiary alicyclic amines) is 1. The summed E-state index contributed by atoms with van der Waals surface area (Å²) in [6, 6.07) is 10.9. The Hall–Kier alpha value is -1.39. The topological polar surface area (TPSA) is 36.1 Å². The van der Waals surface area contributed by atoms with E-state index in [0.29, 0.717) is 6.04 Å². The van der Waals surface area contributed by atoms with E-state index in [4.69, 9.17) is 4.74 Å². The number of benzene rings is 1. The number of hydrogen-bond donors (Lipinski definition) is 0. The van der Waals surface area contributed by atoms with Crippen molar-refractivity contribution in [3.8, 4) is 0 Å². The molecular weight excluding hydrogens is 288 g/mol. The van der Waals surface area contributed by atoms with E-state index in [2.05, 4.69) is 47.9 Å². The van der Waals surface area contributed by atoms with E-state index in [1.165, 1.54) is 5.56 Å². The van der Waals surface area contributed by atoms with Gasteiger partial charge in [-0.15, -0.1) is 0 Å². The van der Waals surface area contributed by atoms with Crippen LogP contribution in [0, 0.1) is 0 Å². The molecule has 0 saturated carbocycles. The van der Waals surface area contributed by atoms with E-state index in [9.17, 15) is 4.79 Å². The lowest BCUT2D eigenvalue weighted by molar-refractivity contribution is -0.138. The van der Waals surface area contributed by atoms with Gasteiger partial charge < -0.3 is 9.64 Å². The van der Waals surface area contributed by atoms with Gasteiger partial charge in [-0.25, -0.2) is 0 Å². The first-order valence-corrected chi connectivity index (χ1v) is 8.95. The van der Waals surface area contributed by atoms with Crippen molar-refractivity contribution in [3.05, 3.63) is 35.9 Å². The summed E-state index contributed by atoms with van der Waals surface area (Å²) in [5, 5.41) is 0. The lowest BCUT2D eigenvalue weighted by Crippen LogP contribution is -2.61. The fourth-order valence-corrected chi connectivity index (χ4v) is 3.45. The van der Waals surface area contributed by atoms with E-state index in [0.717, 1.165) is 45.4 Å². The Kier molecular flexibility index (Phi) is 5.34. The molecule has 0 bridgehead atoms. The van der Waals surface area contributed by atoms with Crippen LogP contribution >= 0.6 is 0 Å². The summed E-state index contributed by atoms with van der Waals surface area (Å²) in [6.07, 6.45) is 3.10. The van der Waals surface area contributed by atoms with Gasteiger partial charge in [-0.1, -0.05) is 50.6 Å². The van der Waals surface area contributed by atoms with Crippen LogP contribution in [0.3, 0.4) is 0 Å². The Balaban J connectivity index is 1.50. The van der Waals surface area contributed by atoms with Gasteiger partial charge in [0.1, 0.15) is 0 Å². The highest BCUT2D eigenvalue weighted by atomic mass is 16.6. The van der Waals surface area contributed by atoms with Gasteiger partial charge in [0, 0.05) is 26.2 Å². The second kappa shape index (κ2) is 7.45. The van der Waals surface area contributed by atoms with Crippen LogP contribution in [0.5, 0.6) is 0 Å². The van der Waals surface area contributed by atoms with Crippen molar-refractivity contribution < 1.29 is 9.53 Å². The van der Waals surface area contributed by atoms with Gasteiger partial charge in [0.2, 0.25) is 0 Å². The normalized spacial score (nSPS) is 24.3. The third kappa shape index (κ3) is 3.93. The molecule has 2 fully saturated rings. The van der Waals surface area contributed by atoms with Crippen LogP contribution in [0.4, 0.5) is 0 Å². The van der Waals surface area contributed by atoms with E-state index >= 15 is 0 Å². The molecule has 0 unspecified atom stereocenters. The highest BCUT2D eigenvalue weighted by molar-refractivity contribution is 5.84. The largest absolute Gasteiger partial charge is 0.359 e. The van der Waals surface area contributed by atoms with Crippen LogP contribution < -0.4 is 0 Å². The molecule has 0 spiro atoms. The molecule has 2 atom stereocenters. The molecular formula is C19H28N2O2. The Morgan fingerprint density at radius 2 is 1.96 bits per heavy atom. The van der Waals surface area contributed by atoms with Crippen molar-refractivity contribution in [2.75, 3.05) is 19.6 Å². The van der Waals surface area contributed by atoms with Crippen molar-refractivity contribution in [1.29, 1.82) is 0 Å². The van der Waals surface area contributed by atoms with Crippen LogP contribution in [0.25, 0.3) is 0 Å². The SMILES string of the molecule is CCC[C@H]1O[C@@H]1C(=O)N(CCC)C1CN(Cc2ccccc2)C1. The van der Waals surface area contributed by atoms with Crippen LogP contribution in [0.15, 0.2) is 30.3 Å². The summed E-state index contributed by atoms with van der Waals surface area (Å²) in [7, 11) is 0. The van der Waals surface area contributed by atoms with Crippen LogP contribution in [-0.4, -0.2) is 53.6 Å². The maximum absolute atomic E-state index is 12.7. The third-order valence-corrected chi connectivity index (χ3v) is 4.77. The predicted octanol–water partition coefficient (Wildman–Crippen LogP) is 2.68. The summed E-state index contributed by atoms with van der Waals surface area (Å²) >= 11 is 0. The smallest absolute Gasteiger partial charge is 0.254 e. The number of rotatable bonds is 8. The molecule has 1 aromatic rings. The predicted molar refractivity (Wildman–Crippen MR) is 91.1 cm³/mol. The summed E-state index contributed by atoms with van der Waals surface area (Å²) in [4.78, 5) is 17.1. The molecule has 2 aliphatic rings. The summed E-state index contributed by atoms with van der Waals surface area (Å²) < 4.78 is 5.58. The first-order chi connectivity index (χ1) is 11.2. The Morgan fingerprint density at radius 3 is 2.61 bits per heavy atom. The molecule has 23 heavy (non-hydrogen) atoms. The van der Waals surface area contributed by atoms with Crippen LogP contribution in [0.1, 0.15) is 38.7 Å². The molecule has 0 aliphatic carbocycles. The van der Waals surface area contributed by atoms with Gasteiger partial charge >= 0.3 is 0 Å². The van der Waals surface area contributed by atoms with Crippen LogP contribution in [0.2, 0.25) is 0 Å². The zero-order chi connectivity index (χ0) is 16.2. The fourth-order valence-electron chi connectivity index (χ4n) is 3.45. The molecule has 2 aliphatic heterocycles. The molecule has 1 aromatic carbocycles. The Bertz CT molecular complexity index is 513. The molecule has 4 heteroatoms. The highest BCUT2D eigenvalue weighted by Crippen LogP contribution is 2.30. The molecule has 2 heterocycles. The van der Waals surface area contributed by atoms with Crippen molar-refractivity contribution in [2.24, 2.45) is 0 Å². The van der Waals surface area contributed by atoms with E-state index in [1.54, 1.807) is 0 Å². The van der Waals surface area contributed by atoms with Crippen molar-refractivity contribution in [3.63, 3.8) is 0 Å².